The normalized spacial score (nSPS) is 13.3. The molecule has 9 heteroatoms. The van der Waals surface area contributed by atoms with Gasteiger partial charge in [-0.05, 0) is 58.6 Å². The molecule has 0 aliphatic rings. The lowest BCUT2D eigenvalue weighted by atomic mass is 9.96. The van der Waals surface area contributed by atoms with Crippen LogP contribution in [0.2, 0.25) is 0 Å². The number of amides is 4. The number of rotatable bonds is 17. The van der Waals surface area contributed by atoms with E-state index < -0.39 is 35.6 Å². The zero-order chi connectivity index (χ0) is 31.0. The van der Waals surface area contributed by atoms with Crippen molar-refractivity contribution in [2.75, 3.05) is 6.54 Å². The van der Waals surface area contributed by atoms with Gasteiger partial charge in [0.15, 0.2) is 0 Å². The lowest BCUT2D eigenvalue weighted by Gasteiger charge is -2.35. The van der Waals surface area contributed by atoms with E-state index in [1.165, 1.54) is 4.90 Å². The van der Waals surface area contributed by atoms with Crippen LogP contribution in [-0.2, 0) is 19.1 Å². The standard InChI is InChI=1S/C32H50N4O5/c1-8-11-12-13-16-22-36(30(39)26(20-21-27(33)37)35-31(40)41-32(5,6)7)28(29(38)34-23(4)17-9-2)25-19-15-14-18-24(25)10-3/h3,14-15,18-19,23,26,28H,8-9,11-13,16-17,20-22H2,1-2,4-7H3,(H2,33,37)(H,34,38)(H,35,40). The lowest BCUT2D eigenvalue weighted by molar-refractivity contribution is -0.143. The Hall–Kier alpha value is -3.54. The molecule has 4 amide bonds. The minimum absolute atomic E-state index is 0.0445. The smallest absolute Gasteiger partial charge is 0.408 e. The molecule has 1 rings (SSSR count). The van der Waals surface area contributed by atoms with Gasteiger partial charge in [-0.15, -0.1) is 6.42 Å². The molecule has 0 bridgehead atoms. The summed E-state index contributed by atoms with van der Waals surface area (Å²) in [6.45, 7) is 11.5. The molecule has 228 valence electrons. The summed E-state index contributed by atoms with van der Waals surface area (Å²) in [6, 6.07) is 4.73. The van der Waals surface area contributed by atoms with E-state index in [0.717, 1.165) is 38.5 Å². The van der Waals surface area contributed by atoms with Gasteiger partial charge in [-0.2, -0.15) is 0 Å². The van der Waals surface area contributed by atoms with E-state index in [9.17, 15) is 19.2 Å². The summed E-state index contributed by atoms with van der Waals surface area (Å²) in [5, 5.41) is 5.67. The Morgan fingerprint density at radius 2 is 1.66 bits per heavy atom. The zero-order valence-electron chi connectivity index (χ0n) is 25.8. The molecule has 0 radical (unpaired) electrons. The number of nitrogens with two attached hydrogens (primary N) is 1. The summed E-state index contributed by atoms with van der Waals surface area (Å²) in [4.78, 5) is 54.1. The molecular weight excluding hydrogens is 520 g/mol. The second-order valence-electron chi connectivity index (χ2n) is 11.5. The Balaban J connectivity index is 3.60. The number of nitrogens with one attached hydrogen (secondary N) is 2. The number of unbranched alkanes of at least 4 members (excludes halogenated alkanes) is 4. The SMILES string of the molecule is C#Cc1ccccc1C(C(=O)NC(C)CCC)N(CCCCCCC)C(=O)C(CCC(N)=O)NC(=O)OC(C)(C)C. The van der Waals surface area contributed by atoms with Gasteiger partial charge in [0, 0.05) is 24.6 Å². The van der Waals surface area contributed by atoms with Gasteiger partial charge in [0.05, 0.1) is 0 Å². The molecule has 0 spiro atoms. The number of ether oxygens (including phenoxy) is 1. The van der Waals surface area contributed by atoms with E-state index in [0.29, 0.717) is 17.5 Å². The van der Waals surface area contributed by atoms with Crippen molar-refractivity contribution in [1.82, 2.24) is 15.5 Å². The number of primary amides is 1. The number of hydrogen-bond acceptors (Lipinski definition) is 5. The van der Waals surface area contributed by atoms with Crippen molar-refractivity contribution in [2.45, 2.75) is 123 Å². The predicted octanol–water partition coefficient (Wildman–Crippen LogP) is 4.97. The highest BCUT2D eigenvalue weighted by atomic mass is 16.6. The largest absolute Gasteiger partial charge is 0.444 e. The van der Waals surface area contributed by atoms with E-state index >= 15 is 0 Å². The number of carbonyl (C=O) groups excluding carboxylic acids is 4. The first-order chi connectivity index (χ1) is 19.3. The monoisotopic (exact) mass is 570 g/mol. The number of carbonyl (C=O) groups is 4. The Kier molecular flexibility index (Phi) is 15.6. The summed E-state index contributed by atoms with van der Waals surface area (Å²) in [5.41, 5.74) is 5.61. The highest BCUT2D eigenvalue weighted by Crippen LogP contribution is 2.27. The summed E-state index contributed by atoms with van der Waals surface area (Å²) < 4.78 is 5.40. The molecule has 0 saturated carbocycles. The van der Waals surface area contributed by atoms with Crippen LogP contribution in [0.15, 0.2) is 24.3 Å². The topological polar surface area (TPSA) is 131 Å². The molecule has 4 N–H and O–H groups in total. The van der Waals surface area contributed by atoms with Crippen LogP contribution in [0, 0.1) is 12.3 Å². The summed E-state index contributed by atoms with van der Waals surface area (Å²) in [6.07, 6.45) is 11.1. The predicted molar refractivity (Wildman–Crippen MR) is 162 cm³/mol. The van der Waals surface area contributed by atoms with Crippen molar-refractivity contribution in [3.8, 4) is 12.3 Å². The van der Waals surface area contributed by atoms with Crippen molar-refractivity contribution in [1.29, 1.82) is 0 Å². The number of alkyl carbamates (subject to hydrolysis) is 1. The van der Waals surface area contributed by atoms with Crippen LogP contribution in [0.1, 0.15) is 116 Å². The van der Waals surface area contributed by atoms with Crippen molar-refractivity contribution in [3.05, 3.63) is 35.4 Å². The first-order valence-corrected chi connectivity index (χ1v) is 14.8. The van der Waals surface area contributed by atoms with Crippen LogP contribution in [-0.4, -0.2) is 52.9 Å². The molecule has 0 aromatic heterocycles. The van der Waals surface area contributed by atoms with Gasteiger partial charge in [0.25, 0.3) is 0 Å². The molecule has 0 aliphatic carbocycles. The van der Waals surface area contributed by atoms with Gasteiger partial charge in [-0.3, -0.25) is 14.4 Å². The molecule has 0 fully saturated rings. The Morgan fingerprint density at radius 1 is 1.00 bits per heavy atom. The van der Waals surface area contributed by atoms with Crippen LogP contribution >= 0.6 is 0 Å². The third kappa shape index (κ3) is 13.1. The maximum absolute atomic E-state index is 14.3. The van der Waals surface area contributed by atoms with Crippen LogP contribution < -0.4 is 16.4 Å². The molecule has 0 heterocycles. The first-order valence-electron chi connectivity index (χ1n) is 14.8. The second-order valence-corrected chi connectivity index (χ2v) is 11.5. The quantitative estimate of drug-likeness (QED) is 0.180. The highest BCUT2D eigenvalue weighted by Gasteiger charge is 2.37. The average molecular weight is 571 g/mol. The van der Waals surface area contributed by atoms with E-state index in [4.69, 9.17) is 16.9 Å². The number of benzene rings is 1. The van der Waals surface area contributed by atoms with Crippen LogP contribution in [0.25, 0.3) is 0 Å². The molecule has 41 heavy (non-hydrogen) atoms. The fraction of sp³-hybridized carbons (Fsp3) is 0.625. The fourth-order valence-electron chi connectivity index (χ4n) is 4.59. The number of nitrogens with zero attached hydrogens (tertiary/aromatic N) is 1. The molecule has 0 aliphatic heterocycles. The van der Waals surface area contributed by atoms with Crippen molar-refractivity contribution in [3.63, 3.8) is 0 Å². The maximum atomic E-state index is 14.3. The number of terminal acetylenes is 1. The molecule has 3 unspecified atom stereocenters. The van der Waals surface area contributed by atoms with Gasteiger partial charge in [0.1, 0.15) is 17.7 Å². The Bertz CT molecular complexity index is 1040. The molecule has 1 aromatic carbocycles. The number of hydrogen-bond donors (Lipinski definition) is 3. The molecule has 0 saturated heterocycles. The zero-order valence-corrected chi connectivity index (χ0v) is 25.8. The van der Waals surface area contributed by atoms with Crippen LogP contribution in [0.4, 0.5) is 4.79 Å². The highest BCUT2D eigenvalue weighted by molar-refractivity contribution is 5.93. The van der Waals surface area contributed by atoms with Gasteiger partial charge in [-0.1, -0.05) is 70.1 Å². The molecule has 9 nitrogen and oxygen atoms in total. The van der Waals surface area contributed by atoms with Crippen molar-refractivity contribution < 1.29 is 23.9 Å². The Labute approximate surface area is 246 Å². The summed E-state index contributed by atoms with van der Waals surface area (Å²) in [7, 11) is 0. The van der Waals surface area contributed by atoms with Crippen LogP contribution in [0.5, 0.6) is 0 Å². The maximum Gasteiger partial charge on any atom is 0.408 e. The van der Waals surface area contributed by atoms with E-state index in [-0.39, 0.29) is 31.3 Å². The second kappa shape index (κ2) is 18.0. The van der Waals surface area contributed by atoms with Gasteiger partial charge in [0.2, 0.25) is 17.7 Å². The third-order valence-corrected chi connectivity index (χ3v) is 6.54. The van der Waals surface area contributed by atoms with Crippen LogP contribution in [0.3, 0.4) is 0 Å². The Morgan fingerprint density at radius 3 is 2.24 bits per heavy atom. The summed E-state index contributed by atoms with van der Waals surface area (Å²) in [5.74, 6) is 1.16. The molecule has 3 atom stereocenters. The van der Waals surface area contributed by atoms with E-state index in [2.05, 4.69) is 23.5 Å². The van der Waals surface area contributed by atoms with Gasteiger partial charge >= 0.3 is 6.09 Å². The van der Waals surface area contributed by atoms with Crippen molar-refractivity contribution in [2.24, 2.45) is 5.73 Å². The van der Waals surface area contributed by atoms with Gasteiger partial charge < -0.3 is 26.0 Å². The first kappa shape index (κ1) is 35.5. The van der Waals surface area contributed by atoms with Gasteiger partial charge in [-0.25, -0.2) is 4.79 Å². The molecule has 1 aromatic rings. The third-order valence-electron chi connectivity index (χ3n) is 6.54. The lowest BCUT2D eigenvalue weighted by Crippen LogP contribution is -2.54. The summed E-state index contributed by atoms with van der Waals surface area (Å²) >= 11 is 0. The average Bonchev–Trinajstić information content (AvgIpc) is 2.88. The minimum Gasteiger partial charge on any atom is -0.444 e. The molecular formula is C32H50N4O5. The van der Waals surface area contributed by atoms with E-state index in [1.807, 2.05) is 13.8 Å². The fourth-order valence-corrected chi connectivity index (χ4v) is 4.59. The minimum atomic E-state index is -1.14. The van der Waals surface area contributed by atoms with Crippen molar-refractivity contribution >= 4 is 23.8 Å². The van der Waals surface area contributed by atoms with E-state index in [1.54, 1.807) is 45.0 Å².